The molecule has 1 aromatic carbocycles. The zero-order chi connectivity index (χ0) is 14.5. The van der Waals surface area contributed by atoms with Crippen LogP contribution < -0.4 is 5.32 Å². The van der Waals surface area contributed by atoms with E-state index in [1.54, 1.807) is 18.2 Å². The van der Waals surface area contributed by atoms with Gasteiger partial charge in [0.05, 0.1) is 6.10 Å². The Kier molecular flexibility index (Phi) is 5.38. The van der Waals surface area contributed by atoms with Crippen LogP contribution in [-0.4, -0.2) is 16.6 Å². The van der Waals surface area contributed by atoms with Crippen LogP contribution >= 0.6 is 23.2 Å². The van der Waals surface area contributed by atoms with E-state index in [-0.39, 0.29) is 0 Å². The van der Waals surface area contributed by atoms with E-state index in [0.717, 1.165) is 11.3 Å². The summed E-state index contributed by atoms with van der Waals surface area (Å²) in [5.41, 5.74) is 2.69. The Hall–Kier alpha value is -1.13. The molecule has 0 spiro atoms. The smallest absolute Gasteiger partial charge is 0.0929 e. The lowest BCUT2D eigenvalue weighted by Gasteiger charge is -2.14. The summed E-state index contributed by atoms with van der Waals surface area (Å²) in [5, 5.41) is 14.4. The van der Waals surface area contributed by atoms with Crippen LogP contribution in [0.5, 0.6) is 0 Å². The first kappa shape index (κ1) is 15.3. The Morgan fingerprint density at radius 2 is 2.05 bits per heavy atom. The molecule has 1 atom stereocenters. The third-order valence-electron chi connectivity index (χ3n) is 2.96. The summed E-state index contributed by atoms with van der Waals surface area (Å²) >= 11 is 12.0. The van der Waals surface area contributed by atoms with Crippen molar-refractivity contribution in [3.63, 3.8) is 0 Å². The first-order valence-electron chi connectivity index (χ1n) is 6.31. The van der Waals surface area contributed by atoms with E-state index in [9.17, 15) is 5.11 Å². The fourth-order valence-corrected chi connectivity index (χ4v) is 2.26. The molecule has 2 rings (SSSR count). The Bertz CT molecular complexity index is 573. The SMILES string of the molecule is Cc1ccc(CNCC(O)c2cc(Cl)ccc2Cl)cn1. The molecule has 0 aliphatic heterocycles. The highest BCUT2D eigenvalue weighted by Gasteiger charge is 2.11. The first-order chi connectivity index (χ1) is 9.56. The molecule has 1 unspecified atom stereocenters. The van der Waals surface area contributed by atoms with Gasteiger partial charge in [0.2, 0.25) is 0 Å². The van der Waals surface area contributed by atoms with E-state index in [0.29, 0.717) is 28.7 Å². The van der Waals surface area contributed by atoms with Crippen molar-refractivity contribution in [2.75, 3.05) is 6.54 Å². The molecule has 3 nitrogen and oxygen atoms in total. The second kappa shape index (κ2) is 7.04. The van der Waals surface area contributed by atoms with Crippen molar-refractivity contribution >= 4 is 23.2 Å². The molecule has 20 heavy (non-hydrogen) atoms. The molecule has 0 aliphatic carbocycles. The van der Waals surface area contributed by atoms with E-state index in [1.807, 2.05) is 25.3 Å². The maximum absolute atomic E-state index is 10.1. The topological polar surface area (TPSA) is 45.1 Å². The lowest BCUT2D eigenvalue weighted by molar-refractivity contribution is 0.174. The van der Waals surface area contributed by atoms with Crippen molar-refractivity contribution in [2.24, 2.45) is 0 Å². The Balaban J connectivity index is 1.90. The van der Waals surface area contributed by atoms with Crippen LogP contribution in [0.25, 0.3) is 0 Å². The molecular formula is C15H16Cl2N2O. The van der Waals surface area contributed by atoms with Crippen molar-refractivity contribution in [1.82, 2.24) is 10.3 Å². The summed E-state index contributed by atoms with van der Waals surface area (Å²) in [6, 6.07) is 9.04. The van der Waals surface area contributed by atoms with E-state index in [2.05, 4.69) is 10.3 Å². The highest BCUT2D eigenvalue weighted by Crippen LogP contribution is 2.25. The quantitative estimate of drug-likeness (QED) is 0.888. The van der Waals surface area contributed by atoms with E-state index in [4.69, 9.17) is 23.2 Å². The maximum Gasteiger partial charge on any atom is 0.0929 e. The molecule has 2 aromatic rings. The van der Waals surface area contributed by atoms with Gasteiger partial charge in [-0.15, -0.1) is 0 Å². The molecule has 106 valence electrons. The molecular weight excluding hydrogens is 295 g/mol. The zero-order valence-electron chi connectivity index (χ0n) is 11.1. The minimum Gasteiger partial charge on any atom is -0.387 e. The normalized spacial score (nSPS) is 12.4. The van der Waals surface area contributed by atoms with E-state index in [1.165, 1.54) is 0 Å². The van der Waals surface area contributed by atoms with Crippen LogP contribution in [0.4, 0.5) is 0 Å². The van der Waals surface area contributed by atoms with Crippen LogP contribution in [0, 0.1) is 6.92 Å². The molecule has 5 heteroatoms. The number of aromatic nitrogens is 1. The number of rotatable bonds is 5. The highest BCUT2D eigenvalue weighted by atomic mass is 35.5. The van der Waals surface area contributed by atoms with Crippen LogP contribution in [0.2, 0.25) is 10.0 Å². The fourth-order valence-electron chi connectivity index (χ4n) is 1.84. The van der Waals surface area contributed by atoms with Gasteiger partial charge in [0.15, 0.2) is 0 Å². The van der Waals surface area contributed by atoms with Crippen molar-refractivity contribution in [1.29, 1.82) is 0 Å². The third-order valence-corrected chi connectivity index (χ3v) is 3.54. The molecule has 0 amide bonds. The summed E-state index contributed by atoms with van der Waals surface area (Å²) in [5.74, 6) is 0. The van der Waals surface area contributed by atoms with Crippen LogP contribution in [-0.2, 0) is 6.54 Å². The molecule has 0 bridgehead atoms. The van der Waals surface area contributed by atoms with Gasteiger partial charge in [-0.3, -0.25) is 4.98 Å². The van der Waals surface area contributed by atoms with Crippen molar-refractivity contribution < 1.29 is 5.11 Å². The average Bonchev–Trinajstić information content (AvgIpc) is 2.43. The van der Waals surface area contributed by atoms with Crippen LogP contribution in [0.1, 0.15) is 22.9 Å². The number of aliphatic hydroxyl groups excluding tert-OH is 1. The largest absolute Gasteiger partial charge is 0.387 e. The molecule has 0 fully saturated rings. The summed E-state index contributed by atoms with van der Waals surface area (Å²) in [7, 11) is 0. The zero-order valence-corrected chi connectivity index (χ0v) is 12.6. The number of aliphatic hydroxyl groups is 1. The first-order valence-corrected chi connectivity index (χ1v) is 7.07. The van der Waals surface area contributed by atoms with Gasteiger partial charge < -0.3 is 10.4 Å². The number of hydrogen-bond acceptors (Lipinski definition) is 3. The summed E-state index contributed by atoms with van der Waals surface area (Å²) < 4.78 is 0. The Morgan fingerprint density at radius 1 is 1.25 bits per heavy atom. The van der Waals surface area contributed by atoms with Crippen molar-refractivity contribution in [3.8, 4) is 0 Å². The Labute approximate surface area is 128 Å². The average molecular weight is 311 g/mol. The van der Waals surface area contributed by atoms with Gasteiger partial charge in [0, 0.05) is 40.6 Å². The molecule has 0 saturated heterocycles. The van der Waals surface area contributed by atoms with Crippen LogP contribution in [0.3, 0.4) is 0 Å². The Morgan fingerprint density at radius 3 is 2.75 bits per heavy atom. The second-order valence-corrected chi connectivity index (χ2v) is 5.46. The maximum atomic E-state index is 10.1. The van der Waals surface area contributed by atoms with Crippen molar-refractivity contribution in [3.05, 3.63) is 63.4 Å². The minimum absolute atomic E-state index is 0.397. The van der Waals surface area contributed by atoms with E-state index >= 15 is 0 Å². The summed E-state index contributed by atoms with van der Waals surface area (Å²) in [4.78, 5) is 4.22. The molecule has 0 radical (unpaired) electrons. The van der Waals surface area contributed by atoms with Gasteiger partial charge in [0.25, 0.3) is 0 Å². The number of benzene rings is 1. The van der Waals surface area contributed by atoms with Gasteiger partial charge in [0.1, 0.15) is 0 Å². The number of hydrogen-bond donors (Lipinski definition) is 2. The number of aryl methyl sites for hydroxylation is 1. The van der Waals surface area contributed by atoms with Crippen molar-refractivity contribution in [2.45, 2.75) is 19.6 Å². The minimum atomic E-state index is -0.695. The third kappa shape index (κ3) is 4.18. The van der Waals surface area contributed by atoms with E-state index < -0.39 is 6.10 Å². The molecule has 0 aliphatic rings. The summed E-state index contributed by atoms with van der Waals surface area (Å²) in [6.45, 7) is 2.98. The molecule has 1 aromatic heterocycles. The molecule has 1 heterocycles. The standard InChI is InChI=1S/C15H16Cl2N2O/c1-10-2-3-11(8-19-10)7-18-9-15(20)13-6-12(16)4-5-14(13)17/h2-6,8,15,18,20H,7,9H2,1H3. The molecule has 2 N–H and O–H groups in total. The highest BCUT2D eigenvalue weighted by molar-refractivity contribution is 6.33. The van der Waals surface area contributed by atoms with Gasteiger partial charge >= 0.3 is 0 Å². The predicted molar refractivity (Wildman–Crippen MR) is 82.1 cm³/mol. The second-order valence-electron chi connectivity index (χ2n) is 4.62. The number of nitrogens with one attached hydrogen (secondary N) is 1. The number of pyridine rings is 1. The summed E-state index contributed by atoms with van der Waals surface area (Å²) in [6.07, 6.45) is 1.13. The van der Waals surface area contributed by atoms with Gasteiger partial charge in [-0.2, -0.15) is 0 Å². The van der Waals surface area contributed by atoms with Gasteiger partial charge in [-0.05, 0) is 36.8 Å². The predicted octanol–water partition coefficient (Wildman–Crippen LogP) is 3.52. The van der Waals surface area contributed by atoms with Gasteiger partial charge in [-0.25, -0.2) is 0 Å². The number of nitrogens with zero attached hydrogens (tertiary/aromatic N) is 1. The molecule has 0 saturated carbocycles. The monoisotopic (exact) mass is 310 g/mol. The number of halogens is 2. The lowest BCUT2D eigenvalue weighted by atomic mass is 10.1. The lowest BCUT2D eigenvalue weighted by Crippen LogP contribution is -2.21. The van der Waals surface area contributed by atoms with Gasteiger partial charge in [-0.1, -0.05) is 29.3 Å². The van der Waals surface area contributed by atoms with Crippen LogP contribution in [0.15, 0.2) is 36.5 Å². The fraction of sp³-hybridized carbons (Fsp3) is 0.267.